The van der Waals surface area contributed by atoms with Gasteiger partial charge in [-0.1, -0.05) is 42.7 Å². The van der Waals surface area contributed by atoms with Crippen molar-refractivity contribution in [2.45, 2.75) is 64.0 Å². The first-order valence-corrected chi connectivity index (χ1v) is 9.78. The summed E-state index contributed by atoms with van der Waals surface area (Å²) < 4.78 is 0. The van der Waals surface area contributed by atoms with Gasteiger partial charge in [0.05, 0.1) is 12.0 Å². The molecule has 2 saturated carbocycles. The first-order chi connectivity index (χ1) is 12.1. The summed E-state index contributed by atoms with van der Waals surface area (Å²) in [4.78, 5) is 27.2. The van der Waals surface area contributed by atoms with Crippen LogP contribution in [0, 0.1) is 18.8 Å². The Kier molecular flexibility index (Phi) is 4.53. The number of nitrogens with one attached hydrogen (secondary N) is 1. The van der Waals surface area contributed by atoms with Gasteiger partial charge in [0.1, 0.15) is 0 Å². The van der Waals surface area contributed by atoms with Crippen molar-refractivity contribution in [1.29, 1.82) is 0 Å². The van der Waals surface area contributed by atoms with Crippen LogP contribution in [0.4, 0.5) is 0 Å². The average molecular weight is 340 g/mol. The minimum absolute atomic E-state index is 0.0614. The molecule has 4 nitrogen and oxygen atoms in total. The molecule has 0 bridgehead atoms. The summed E-state index contributed by atoms with van der Waals surface area (Å²) in [5.41, 5.74) is 2.43. The largest absolute Gasteiger partial charge is 0.349 e. The lowest BCUT2D eigenvalue weighted by atomic mass is 9.99. The van der Waals surface area contributed by atoms with E-state index >= 15 is 0 Å². The molecule has 3 fully saturated rings. The highest BCUT2D eigenvalue weighted by molar-refractivity contribution is 5.89. The Morgan fingerprint density at radius 2 is 1.80 bits per heavy atom. The Morgan fingerprint density at radius 3 is 2.44 bits per heavy atom. The smallest absolute Gasteiger partial charge is 0.225 e. The normalized spacial score (nSPS) is 25.4. The van der Waals surface area contributed by atoms with Crippen molar-refractivity contribution < 1.29 is 9.59 Å². The molecule has 1 aromatic carbocycles. The Hall–Kier alpha value is -1.84. The molecule has 0 aromatic heterocycles. The molecule has 2 unspecified atom stereocenters. The molecule has 4 rings (SSSR count). The van der Waals surface area contributed by atoms with Gasteiger partial charge in [0.15, 0.2) is 0 Å². The molecular formula is C21H28N2O2. The molecule has 1 aliphatic heterocycles. The van der Waals surface area contributed by atoms with E-state index in [1.807, 2.05) is 4.90 Å². The van der Waals surface area contributed by atoms with Gasteiger partial charge in [-0.15, -0.1) is 0 Å². The van der Waals surface area contributed by atoms with Gasteiger partial charge in [-0.3, -0.25) is 9.59 Å². The number of rotatable bonds is 5. The van der Waals surface area contributed by atoms with Crippen LogP contribution < -0.4 is 5.32 Å². The fourth-order valence-corrected chi connectivity index (χ4v) is 4.42. The third-order valence-corrected chi connectivity index (χ3v) is 6.12. The molecule has 2 amide bonds. The van der Waals surface area contributed by atoms with Gasteiger partial charge < -0.3 is 10.2 Å². The van der Waals surface area contributed by atoms with E-state index in [1.54, 1.807) is 0 Å². The lowest BCUT2D eigenvalue weighted by Gasteiger charge is -2.25. The second-order valence-corrected chi connectivity index (χ2v) is 8.12. The van der Waals surface area contributed by atoms with Crippen molar-refractivity contribution in [2.75, 3.05) is 6.54 Å². The van der Waals surface area contributed by atoms with Crippen molar-refractivity contribution in [3.05, 3.63) is 35.4 Å². The molecule has 1 N–H and O–H groups in total. The molecule has 25 heavy (non-hydrogen) atoms. The van der Waals surface area contributed by atoms with Crippen molar-refractivity contribution in [3.8, 4) is 0 Å². The monoisotopic (exact) mass is 340 g/mol. The van der Waals surface area contributed by atoms with Crippen LogP contribution >= 0.6 is 0 Å². The van der Waals surface area contributed by atoms with Gasteiger partial charge in [-0.2, -0.15) is 0 Å². The summed E-state index contributed by atoms with van der Waals surface area (Å²) in [5, 5.41) is 3.27. The van der Waals surface area contributed by atoms with Gasteiger partial charge >= 0.3 is 0 Å². The molecular weight excluding hydrogens is 312 g/mol. The third-order valence-electron chi connectivity index (χ3n) is 6.12. The number of carbonyl (C=O) groups excluding carboxylic acids is 2. The molecule has 134 valence electrons. The Labute approximate surface area is 150 Å². The van der Waals surface area contributed by atoms with Crippen molar-refractivity contribution >= 4 is 11.8 Å². The third kappa shape index (κ3) is 3.58. The zero-order chi connectivity index (χ0) is 17.4. The number of amides is 2. The molecule has 2 atom stereocenters. The van der Waals surface area contributed by atoms with Crippen LogP contribution in [-0.2, 0) is 9.59 Å². The highest BCUT2D eigenvalue weighted by Gasteiger charge is 2.40. The van der Waals surface area contributed by atoms with Gasteiger partial charge in [0, 0.05) is 19.0 Å². The minimum Gasteiger partial charge on any atom is -0.349 e. The number of hydrogen-bond acceptors (Lipinski definition) is 2. The first kappa shape index (κ1) is 16.6. The number of aryl methyl sites for hydroxylation is 1. The number of hydrogen-bond donors (Lipinski definition) is 1. The predicted molar refractivity (Wildman–Crippen MR) is 96.9 cm³/mol. The van der Waals surface area contributed by atoms with E-state index in [2.05, 4.69) is 36.5 Å². The zero-order valence-corrected chi connectivity index (χ0v) is 15.0. The van der Waals surface area contributed by atoms with Crippen molar-refractivity contribution in [2.24, 2.45) is 11.8 Å². The molecule has 2 aliphatic carbocycles. The molecule has 0 spiro atoms. The van der Waals surface area contributed by atoms with E-state index in [4.69, 9.17) is 0 Å². The standard InChI is InChI=1S/C21H28N2O2/c1-14-6-8-15(9-7-14)20(16-10-11-16)22-21(25)17-12-19(24)23(13-17)18-4-2-3-5-18/h6-9,16-18,20H,2-5,10-13H2,1H3,(H,22,25). The van der Waals surface area contributed by atoms with Crippen molar-refractivity contribution in [1.82, 2.24) is 10.2 Å². The first-order valence-electron chi connectivity index (χ1n) is 9.78. The number of benzene rings is 1. The highest BCUT2D eigenvalue weighted by atomic mass is 16.2. The maximum atomic E-state index is 12.8. The molecule has 1 saturated heterocycles. The fraction of sp³-hybridized carbons (Fsp3) is 0.619. The van der Waals surface area contributed by atoms with E-state index < -0.39 is 0 Å². The SMILES string of the molecule is Cc1ccc(C(NC(=O)C2CC(=O)N(C3CCCC3)C2)C2CC2)cc1. The van der Waals surface area contributed by atoms with Gasteiger partial charge in [0.25, 0.3) is 0 Å². The number of likely N-dealkylation sites (tertiary alicyclic amines) is 1. The molecule has 3 aliphatic rings. The topological polar surface area (TPSA) is 49.4 Å². The second kappa shape index (κ2) is 6.81. The minimum atomic E-state index is -0.181. The molecule has 0 radical (unpaired) electrons. The Balaban J connectivity index is 1.41. The van der Waals surface area contributed by atoms with E-state index in [0.29, 0.717) is 24.9 Å². The van der Waals surface area contributed by atoms with E-state index in [-0.39, 0.29) is 23.8 Å². The maximum Gasteiger partial charge on any atom is 0.225 e. The van der Waals surface area contributed by atoms with Gasteiger partial charge in [-0.25, -0.2) is 0 Å². The Bertz CT molecular complexity index is 644. The molecule has 1 heterocycles. The van der Waals surface area contributed by atoms with Crippen LogP contribution in [0.2, 0.25) is 0 Å². The summed E-state index contributed by atoms with van der Waals surface area (Å²) >= 11 is 0. The second-order valence-electron chi connectivity index (χ2n) is 8.12. The number of nitrogens with zero attached hydrogens (tertiary/aromatic N) is 1. The van der Waals surface area contributed by atoms with Crippen LogP contribution in [-0.4, -0.2) is 29.3 Å². The lowest BCUT2D eigenvalue weighted by molar-refractivity contribution is -0.130. The molecule has 4 heteroatoms. The summed E-state index contributed by atoms with van der Waals surface area (Å²) in [6.45, 7) is 2.69. The van der Waals surface area contributed by atoms with Crippen LogP contribution in [0.3, 0.4) is 0 Å². The molecule has 1 aromatic rings. The van der Waals surface area contributed by atoms with Crippen LogP contribution in [0.5, 0.6) is 0 Å². The van der Waals surface area contributed by atoms with Crippen molar-refractivity contribution in [3.63, 3.8) is 0 Å². The van der Waals surface area contributed by atoms with E-state index in [9.17, 15) is 9.59 Å². The summed E-state index contributed by atoms with van der Waals surface area (Å²) in [6, 6.07) is 8.95. The van der Waals surface area contributed by atoms with E-state index in [0.717, 1.165) is 12.8 Å². The summed E-state index contributed by atoms with van der Waals surface area (Å²) in [7, 11) is 0. The highest BCUT2D eigenvalue weighted by Crippen LogP contribution is 2.41. The summed E-state index contributed by atoms with van der Waals surface area (Å²) in [6.07, 6.45) is 7.37. The van der Waals surface area contributed by atoms with Gasteiger partial charge in [-0.05, 0) is 44.1 Å². The van der Waals surface area contributed by atoms with Crippen LogP contribution in [0.25, 0.3) is 0 Å². The number of carbonyl (C=O) groups is 2. The lowest BCUT2D eigenvalue weighted by Crippen LogP contribution is -2.38. The average Bonchev–Trinajstić information content (AvgIpc) is 3.14. The van der Waals surface area contributed by atoms with Gasteiger partial charge in [0.2, 0.25) is 11.8 Å². The van der Waals surface area contributed by atoms with Crippen LogP contribution in [0.1, 0.15) is 62.1 Å². The van der Waals surface area contributed by atoms with Crippen LogP contribution in [0.15, 0.2) is 24.3 Å². The Morgan fingerprint density at radius 1 is 1.12 bits per heavy atom. The fourth-order valence-electron chi connectivity index (χ4n) is 4.42. The quantitative estimate of drug-likeness (QED) is 0.893. The maximum absolute atomic E-state index is 12.8. The predicted octanol–water partition coefficient (Wildman–Crippen LogP) is 3.35. The summed E-state index contributed by atoms with van der Waals surface area (Å²) in [5.74, 6) is 0.603. The van der Waals surface area contributed by atoms with E-state index in [1.165, 1.54) is 36.8 Å². The zero-order valence-electron chi connectivity index (χ0n) is 15.0.